The Morgan fingerprint density at radius 2 is 2.09 bits per heavy atom. The monoisotopic (exact) mass is 298 g/mol. The highest BCUT2D eigenvalue weighted by atomic mass is 16.1. The summed E-state index contributed by atoms with van der Waals surface area (Å²) in [6, 6.07) is 8.14. The summed E-state index contributed by atoms with van der Waals surface area (Å²) in [5.41, 5.74) is 2.72. The number of amides is 1. The number of nitrogens with zero attached hydrogens (tertiary/aromatic N) is 1. The van der Waals surface area contributed by atoms with Crippen LogP contribution in [0.4, 0.5) is 0 Å². The molecule has 0 aliphatic heterocycles. The van der Waals surface area contributed by atoms with Crippen molar-refractivity contribution < 1.29 is 4.79 Å². The number of hydrogen-bond acceptors (Lipinski definition) is 2. The Hall–Kier alpha value is -1.90. The lowest BCUT2D eigenvalue weighted by atomic mass is 9.98. The zero-order valence-corrected chi connectivity index (χ0v) is 14.0. The van der Waals surface area contributed by atoms with Gasteiger partial charge in [-0.25, -0.2) is 0 Å². The van der Waals surface area contributed by atoms with Gasteiger partial charge in [0.25, 0.3) is 5.91 Å². The molecule has 0 aliphatic rings. The molecule has 1 aromatic carbocycles. The van der Waals surface area contributed by atoms with Gasteiger partial charge in [-0.15, -0.1) is 0 Å². The molecule has 0 saturated heterocycles. The zero-order valence-electron chi connectivity index (χ0n) is 14.0. The first-order valence-corrected chi connectivity index (χ1v) is 8.17. The second kappa shape index (κ2) is 7.39. The third kappa shape index (κ3) is 4.06. The molecule has 2 aromatic rings. The number of nitrogens with one attached hydrogen (secondary N) is 1. The van der Waals surface area contributed by atoms with E-state index >= 15 is 0 Å². The normalized spacial score (nSPS) is 13.8. The standard InChI is InChI=1S/C19H26N2O/c1-5-7-13(2)10-15(4)21-19(22)17-11-16-9-6-8-14(3)18(16)20-12-17/h6,8-9,11-13,15H,5,7,10H2,1-4H3,(H,21,22). The van der Waals surface area contributed by atoms with Gasteiger partial charge in [-0.3, -0.25) is 9.78 Å². The van der Waals surface area contributed by atoms with Crippen molar-refractivity contribution in [3.8, 4) is 0 Å². The molecule has 3 heteroatoms. The van der Waals surface area contributed by atoms with Crippen molar-refractivity contribution in [2.45, 2.75) is 53.0 Å². The predicted molar refractivity (Wildman–Crippen MR) is 92.1 cm³/mol. The average Bonchev–Trinajstić information content (AvgIpc) is 2.47. The van der Waals surface area contributed by atoms with Crippen LogP contribution in [0.25, 0.3) is 10.9 Å². The van der Waals surface area contributed by atoms with Gasteiger partial charge in [0.1, 0.15) is 0 Å². The van der Waals surface area contributed by atoms with E-state index in [2.05, 4.69) is 31.1 Å². The van der Waals surface area contributed by atoms with Crippen molar-refractivity contribution in [2.75, 3.05) is 0 Å². The first-order valence-electron chi connectivity index (χ1n) is 8.17. The van der Waals surface area contributed by atoms with Crippen molar-refractivity contribution >= 4 is 16.8 Å². The van der Waals surface area contributed by atoms with E-state index in [1.807, 2.05) is 31.2 Å². The lowest BCUT2D eigenvalue weighted by Gasteiger charge is -2.18. The maximum absolute atomic E-state index is 12.4. The third-order valence-corrected chi connectivity index (χ3v) is 4.09. The topological polar surface area (TPSA) is 42.0 Å². The van der Waals surface area contributed by atoms with E-state index in [-0.39, 0.29) is 11.9 Å². The summed E-state index contributed by atoms with van der Waals surface area (Å²) in [7, 11) is 0. The Balaban J connectivity index is 2.06. The van der Waals surface area contributed by atoms with Crippen molar-refractivity contribution in [2.24, 2.45) is 5.92 Å². The van der Waals surface area contributed by atoms with Gasteiger partial charge in [0.05, 0.1) is 11.1 Å². The van der Waals surface area contributed by atoms with Gasteiger partial charge in [0, 0.05) is 17.6 Å². The minimum absolute atomic E-state index is 0.0351. The van der Waals surface area contributed by atoms with E-state index in [1.54, 1.807) is 6.20 Å². The second-order valence-electron chi connectivity index (χ2n) is 6.37. The van der Waals surface area contributed by atoms with Crippen LogP contribution < -0.4 is 5.32 Å². The Bertz CT molecular complexity index is 651. The number of aromatic nitrogens is 1. The van der Waals surface area contributed by atoms with Crippen LogP contribution in [0.15, 0.2) is 30.5 Å². The number of aryl methyl sites for hydroxylation is 1. The summed E-state index contributed by atoms with van der Waals surface area (Å²) in [4.78, 5) is 16.8. The van der Waals surface area contributed by atoms with Crippen LogP contribution in [-0.4, -0.2) is 16.9 Å². The maximum Gasteiger partial charge on any atom is 0.253 e. The summed E-state index contributed by atoms with van der Waals surface area (Å²) < 4.78 is 0. The van der Waals surface area contributed by atoms with Gasteiger partial charge < -0.3 is 5.32 Å². The molecule has 0 fully saturated rings. The summed E-state index contributed by atoms with van der Waals surface area (Å²) in [6.07, 6.45) is 5.08. The molecule has 0 bridgehead atoms. The number of fused-ring (bicyclic) bond motifs is 1. The second-order valence-corrected chi connectivity index (χ2v) is 6.37. The average molecular weight is 298 g/mol. The number of carbonyl (C=O) groups excluding carboxylic acids is 1. The highest BCUT2D eigenvalue weighted by Gasteiger charge is 2.13. The number of hydrogen-bond donors (Lipinski definition) is 1. The van der Waals surface area contributed by atoms with Crippen molar-refractivity contribution in [1.29, 1.82) is 0 Å². The molecule has 2 atom stereocenters. The lowest BCUT2D eigenvalue weighted by Crippen LogP contribution is -2.33. The molecule has 1 heterocycles. The molecule has 0 radical (unpaired) electrons. The Morgan fingerprint density at radius 3 is 2.82 bits per heavy atom. The molecular formula is C19H26N2O. The molecule has 3 nitrogen and oxygen atoms in total. The largest absolute Gasteiger partial charge is 0.350 e. The van der Waals surface area contributed by atoms with E-state index in [0.717, 1.165) is 22.9 Å². The van der Waals surface area contributed by atoms with E-state index in [0.29, 0.717) is 11.5 Å². The molecule has 1 aromatic heterocycles. The van der Waals surface area contributed by atoms with Gasteiger partial charge >= 0.3 is 0 Å². The summed E-state index contributed by atoms with van der Waals surface area (Å²) >= 11 is 0. The highest BCUT2D eigenvalue weighted by Crippen LogP contribution is 2.17. The summed E-state index contributed by atoms with van der Waals surface area (Å²) in [5.74, 6) is 0.602. The SMILES string of the molecule is CCCC(C)CC(C)NC(=O)c1cnc2c(C)cccc2c1. The van der Waals surface area contributed by atoms with Gasteiger partial charge in [-0.2, -0.15) is 0 Å². The molecule has 118 valence electrons. The summed E-state index contributed by atoms with van der Waals surface area (Å²) in [6.45, 7) is 8.55. The Kier molecular flexibility index (Phi) is 5.53. The number of rotatable bonds is 6. The molecule has 0 spiro atoms. The number of carbonyl (C=O) groups is 1. The Labute approximate surface area is 133 Å². The minimum atomic E-state index is -0.0351. The smallest absolute Gasteiger partial charge is 0.253 e. The number of benzene rings is 1. The number of para-hydroxylation sites is 1. The van der Waals surface area contributed by atoms with Gasteiger partial charge in [0.2, 0.25) is 0 Å². The molecule has 22 heavy (non-hydrogen) atoms. The fourth-order valence-corrected chi connectivity index (χ4v) is 3.02. The number of pyridine rings is 1. The van der Waals surface area contributed by atoms with E-state index in [1.165, 1.54) is 12.8 Å². The van der Waals surface area contributed by atoms with Crippen LogP contribution in [0.3, 0.4) is 0 Å². The first kappa shape index (κ1) is 16.5. The molecule has 2 unspecified atom stereocenters. The maximum atomic E-state index is 12.4. The van der Waals surface area contributed by atoms with Crippen LogP contribution >= 0.6 is 0 Å². The van der Waals surface area contributed by atoms with Crippen LogP contribution in [-0.2, 0) is 0 Å². The quantitative estimate of drug-likeness (QED) is 0.854. The molecule has 0 aliphatic carbocycles. The van der Waals surface area contributed by atoms with E-state index < -0.39 is 0 Å². The molecule has 0 saturated carbocycles. The van der Waals surface area contributed by atoms with Gasteiger partial charge in [0.15, 0.2) is 0 Å². The van der Waals surface area contributed by atoms with E-state index in [4.69, 9.17) is 0 Å². The fraction of sp³-hybridized carbons (Fsp3) is 0.474. The minimum Gasteiger partial charge on any atom is -0.350 e. The van der Waals surface area contributed by atoms with E-state index in [9.17, 15) is 4.79 Å². The van der Waals surface area contributed by atoms with Crippen molar-refractivity contribution in [3.63, 3.8) is 0 Å². The lowest BCUT2D eigenvalue weighted by molar-refractivity contribution is 0.0935. The van der Waals surface area contributed by atoms with Crippen molar-refractivity contribution in [1.82, 2.24) is 10.3 Å². The molecular weight excluding hydrogens is 272 g/mol. The van der Waals surface area contributed by atoms with Crippen LogP contribution in [0.5, 0.6) is 0 Å². The highest BCUT2D eigenvalue weighted by molar-refractivity contribution is 5.97. The summed E-state index contributed by atoms with van der Waals surface area (Å²) in [5, 5.41) is 4.10. The molecule has 1 N–H and O–H groups in total. The van der Waals surface area contributed by atoms with Crippen LogP contribution in [0, 0.1) is 12.8 Å². The Morgan fingerprint density at radius 1 is 1.32 bits per heavy atom. The van der Waals surface area contributed by atoms with Crippen molar-refractivity contribution in [3.05, 3.63) is 41.6 Å². The zero-order chi connectivity index (χ0) is 16.1. The molecule has 2 rings (SSSR count). The van der Waals surface area contributed by atoms with Crippen LogP contribution in [0.1, 0.15) is 56.0 Å². The van der Waals surface area contributed by atoms with Crippen LogP contribution in [0.2, 0.25) is 0 Å². The third-order valence-electron chi connectivity index (χ3n) is 4.09. The molecule has 1 amide bonds. The first-order chi connectivity index (χ1) is 10.5. The van der Waals surface area contributed by atoms with Gasteiger partial charge in [-0.05, 0) is 37.8 Å². The predicted octanol–water partition coefficient (Wildman–Crippen LogP) is 4.49. The fourth-order valence-electron chi connectivity index (χ4n) is 3.02. The van der Waals surface area contributed by atoms with Gasteiger partial charge in [-0.1, -0.05) is 44.9 Å².